The van der Waals surface area contributed by atoms with Crippen molar-refractivity contribution in [3.63, 3.8) is 0 Å². The monoisotopic (exact) mass is 872 g/mol. The van der Waals surface area contributed by atoms with E-state index >= 15 is 0 Å². The normalized spacial score (nSPS) is 13.5. The molecule has 1 unspecified atom stereocenters. The second kappa shape index (κ2) is 15.3. The number of aromatic nitrogens is 2. The van der Waals surface area contributed by atoms with Gasteiger partial charge in [-0.1, -0.05) is 91.5 Å². The fourth-order valence-corrected chi connectivity index (χ4v) is 8.69. The van der Waals surface area contributed by atoms with Gasteiger partial charge >= 0.3 is 0 Å². The zero-order valence-electron chi connectivity index (χ0n) is 30.6. The molecular formula is C42H51IrN2O2S2-. The average molecular weight is 872 g/mol. The molecular weight excluding hydrogens is 821 g/mol. The van der Waals surface area contributed by atoms with E-state index in [-0.39, 0.29) is 36.4 Å². The molecule has 0 bridgehead atoms. The predicted molar refractivity (Wildman–Crippen MR) is 210 cm³/mol. The fraction of sp³-hybridized carbons (Fsp3) is 0.429. The Morgan fingerprint density at radius 2 is 1.57 bits per heavy atom. The first-order chi connectivity index (χ1) is 22.7. The van der Waals surface area contributed by atoms with Crippen molar-refractivity contribution >= 4 is 63.8 Å². The van der Waals surface area contributed by atoms with E-state index in [2.05, 4.69) is 116 Å². The van der Waals surface area contributed by atoms with E-state index in [0.29, 0.717) is 5.76 Å². The summed E-state index contributed by atoms with van der Waals surface area (Å²) in [5.74, 6) is 0.336. The summed E-state index contributed by atoms with van der Waals surface area (Å²) in [7, 11) is 0. The van der Waals surface area contributed by atoms with E-state index in [1.807, 2.05) is 29.6 Å². The van der Waals surface area contributed by atoms with Crippen molar-refractivity contribution in [3.05, 3.63) is 83.2 Å². The van der Waals surface area contributed by atoms with Gasteiger partial charge in [-0.15, -0.1) is 51.8 Å². The van der Waals surface area contributed by atoms with E-state index in [4.69, 9.17) is 9.97 Å². The molecule has 263 valence electrons. The van der Waals surface area contributed by atoms with E-state index in [0.717, 1.165) is 52.5 Å². The summed E-state index contributed by atoms with van der Waals surface area (Å²) in [4.78, 5) is 9.46. The van der Waals surface area contributed by atoms with Crippen molar-refractivity contribution in [2.24, 2.45) is 10.8 Å². The summed E-state index contributed by atoms with van der Waals surface area (Å²) < 4.78 is 3.78. The summed E-state index contributed by atoms with van der Waals surface area (Å²) in [5.41, 5.74) is 5.38. The van der Waals surface area contributed by atoms with Gasteiger partial charge in [-0.3, -0.25) is 4.98 Å². The molecule has 3 heterocycles. The van der Waals surface area contributed by atoms with Gasteiger partial charge in [-0.2, -0.15) is 0 Å². The van der Waals surface area contributed by atoms with Crippen LogP contribution in [-0.2, 0) is 25.5 Å². The minimum absolute atomic E-state index is 0. The number of nitrogens with zero attached hydrogens (tertiary/aromatic N) is 2. The molecule has 3 aromatic carbocycles. The molecule has 6 rings (SSSR count). The molecule has 0 amide bonds. The molecule has 0 aliphatic carbocycles. The average Bonchev–Trinajstić information content (AvgIpc) is 3.66. The van der Waals surface area contributed by atoms with Crippen LogP contribution in [0.3, 0.4) is 0 Å². The first kappa shape index (κ1) is 39.1. The third-order valence-corrected chi connectivity index (χ3v) is 13.1. The zero-order chi connectivity index (χ0) is 35.0. The van der Waals surface area contributed by atoms with Crippen LogP contribution in [0.15, 0.2) is 66.0 Å². The van der Waals surface area contributed by atoms with Gasteiger partial charge in [0.1, 0.15) is 6.33 Å². The third-order valence-electron chi connectivity index (χ3n) is 10.8. The molecule has 6 aromatic rings. The van der Waals surface area contributed by atoms with Crippen molar-refractivity contribution in [3.8, 4) is 11.3 Å². The van der Waals surface area contributed by atoms with Gasteiger partial charge in [0, 0.05) is 56.1 Å². The Morgan fingerprint density at radius 1 is 0.898 bits per heavy atom. The third kappa shape index (κ3) is 7.53. The summed E-state index contributed by atoms with van der Waals surface area (Å²) in [6, 6.07) is 18.9. The number of allylic oxidation sites excluding steroid dienone is 1. The summed E-state index contributed by atoms with van der Waals surface area (Å²) in [5, 5.41) is 27.7. The number of aliphatic hydroxyl groups excluding tert-OH is 2. The van der Waals surface area contributed by atoms with Crippen molar-refractivity contribution in [1.82, 2.24) is 9.97 Å². The topological polar surface area (TPSA) is 66.2 Å². The van der Waals surface area contributed by atoms with E-state index in [1.165, 1.54) is 36.7 Å². The SMILES string of the molecule is CCC(C)(CC)/C(O)=C/C(O)C(C)(CC)CC.Cc1csc2ccc3c4ncnc(-c5[c-]c6ccccc6c(C(C)(C)C)c5)c4sc3c12.[Ir]. The molecule has 0 aliphatic rings. The number of hydrogen-bond donors (Lipinski definition) is 2. The minimum atomic E-state index is -0.574. The Bertz CT molecular complexity index is 2100. The smallest absolute Gasteiger partial charge is 0.108 e. The second-order valence-corrected chi connectivity index (χ2v) is 16.7. The van der Waals surface area contributed by atoms with Crippen molar-refractivity contribution in [2.45, 2.75) is 106 Å². The number of hydrogen-bond acceptors (Lipinski definition) is 6. The molecule has 0 saturated carbocycles. The van der Waals surface area contributed by atoms with Gasteiger partial charge in [-0.05, 0) is 72.6 Å². The summed E-state index contributed by atoms with van der Waals surface area (Å²) >= 11 is 3.62. The maximum atomic E-state index is 10.3. The fourth-order valence-electron chi connectivity index (χ4n) is 6.31. The Kier molecular flexibility index (Phi) is 12.2. The number of benzene rings is 3. The molecule has 3 aromatic heterocycles. The first-order valence-corrected chi connectivity index (χ1v) is 19.0. The largest absolute Gasteiger partial charge is 0.512 e. The van der Waals surface area contributed by atoms with E-state index in [1.54, 1.807) is 12.4 Å². The number of aliphatic hydroxyl groups is 2. The molecule has 0 saturated heterocycles. The molecule has 4 nitrogen and oxygen atoms in total. The van der Waals surface area contributed by atoms with Gasteiger partial charge in [0.2, 0.25) is 0 Å². The van der Waals surface area contributed by atoms with Gasteiger partial charge in [0.05, 0.1) is 17.4 Å². The molecule has 49 heavy (non-hydrogen) atoms. The van der Waals surface area contributed by atoms with Crippen LogP contribution < -0.4 is 0 Å². The Labute approximate surface area is 314 Å². The first-order valence-electron chi connectivity index (χ1n) is 17.3. The zero-order valence-corrected chi connectivity index (χ0v) is 34.6. The van der Waals surface area contributed by atoms with Crippen molar-refractivity contribution in [1.29, 1.82) is 0 Å². The molecule has 1 atom stereocenters. The number of rotatable bonds is 8. The predicted octanol–water partition coefficient (Wildman–Crippen LogP) is 12.7. The number of fused-ring (bicyclic) bond motifs is 6. The summed E-state index contributed by atoms with van der Waals surface area (Å²) in [6.07, 6.45) is 6.36. The maximum Gasteiger partial charge on any atom is 0.108 e. The van der Waals surface area contributed by atoms with Crippen molar-refractivity contribution < 1.29 is 30.3 Å². The summed E-state index contributed by atoms with van der Waals surface area (Å²) in [6.45, 7) is 21.4. The van der Waals surface area contributed by atoms with Crippen LogP contribution in [0.5, 0.6) is 0 Å². The van der Waals surface area contributed by atoms with Crippen LogP contribution >= 0.6 is 22.7 Å². The van der Waals surface area contributed by atoms with Crippen LogP contribution in [0.1, 0.15) is 99.1 Å². The molecule has 0 aliphatic heterocycles. The van der Waals surface area contributed by atoms with Crippen LogP contribution in [0.2, 0.25) is 0 Å². The number of aryl methyl sites for hydroxylation is 1. The van der Waals surface area contributed by atoms with Gasteiger partial charge in [0.15, 0.2) is 0 Å². The Hall–Kier alpha value is -2.67. The van der Waals surface area contributed by atoms with Crippen LogP contribution in [-0.4, -0.2) is 26.3 Å². The van der Waals surface area contributed by atoms with Gasteiger partial charge < -0.3 is 10.2 Å². The van der Waals surface area contributed by atoms with Crippen LogP contribution in [0, 0.1) is 23.8 Å². The van der Waals surface area contributed by atoms with Crippen LogP contribution in [0.4, 0.5) is 0 Å². The standard InChI is InChI=1S/C27H21N2S2.C15H30O2.Ir/c1-15-13-30-21-10-9-19-24-26(31-25(19)22(15)21)23(28-14-29-24)17-11-16-7-5-6-8-18(16)20(12-17)27(2,3)4;1-7-14(5,8-2)12(16)11-13(17)15(6,9-3)10-4;/h5-10,12-14H,1-4H3;11-12,16-17H,7-10H2,1-6H3;/q-1;;/b;13-11-;. The van der Waals surface area contributed by atoms with Crippen molar-refractivity contribution in [2.75, 3.05) is 0 Å². The Balaban J connectivity index is 0.000000260. The molecule has 0 fully saturated rings. The molecule has 0 spiro atoms. The second-order valence-electron chi connectivity index (χ2n) is 14.8. The van der Waals surface area contributed by atoms with E-state index in [9.17, 15) is 10.2 Å². The maximum absolute atomic E-state index is 10.3. The molecule has 2 N–H and O–H groups in total. The van der Waals surface area contributed by atoms with Gasteiger partial charge in [-0.25, -0.2) is 4.98 Å². The van der Waals surface area contributed by atoms with Crippen LogP contribution in [0.25, 0.3) is 52.4 Å². The Morgan fingerprint density at radius 3 is 2.20 bits per heavy atom. The number of thiophene rings is 2. The quantitative estimate of drug-likeness (QED) is 0.118. The molecule has 1 radical (unpaired) electrons. The van der Waals surface area contributed by atoms with E-state index < -0.39 is 6.10 Å². The van der Waals surface area contributed by atoms with Gasteiger partial charge in [0.25, 0.3) is 0 Å². The minimum Gasteiger partial charge on any atom is -0.512 e. The molecule has 7 heteroatoms.